The van der Waals surface area contributed by atoms with Crippen LogP contribution in [0.4, 0.5) is 11.4 Å². The first-order valence-corrected chi connectivity index (χ1v) is 12.7. The Morgan fingerprint density at radius 1 is 0.784 bits per heavy atom. The van der Waals surface area contributed by atoms with Gasteiger partial charge >= 0.3 is 0 Å². The Kier molecular flexibility index (Phi) is 4.84. The van der Waals surface area contributed by atoms with Gasteiger partial charge in [0.25, 0.3) is 0 Å². The Bertz CT molecular complexity index is 1540. The fourth-order valence-corrected chi connectivity index (χ4v) is 6.90. The van der Waals surface area contributed by atoms with Crippen LogP contribution in [0.3, 0.4) is 0 Å². The lowest BCUT2D eigenvalue weighted by molar-refractivity contribution is -0.125. The highest BCUT2D eigenvalue weighted by molar-refractivity contribution is 6.26. The van der Waals surface area contributed by atoms with E-state index in [1.54, 1.807) is 9.80 Å². The van der Waals surface area contributed by atoms with Gasteiger partial charge in [-0.15, -0.1) is 0 Å². The third kappa shape index (κ3) is 2.43. The van der Waals surface area contributed by atoms with Gasteiger partial charge in [0, 0.05) is 17.9 Å². The summed E-state index contributed by atoms with van der Waals surface area (Å²) in [6.45, 7) is 4.74. The highest BCUT2D eigenvalue weighted by Crippen LogP contribution is 2.84. The molecule has 1 aliphatic carbocycles. The topological polar surface area (TPSA) is 88.2 Å². The summed E-state index contributed by atoms with van der Waals surface area (Å²) in [5.74, 6) is -0.687. The number of fused-ring (bicyclic) bond motifs is 5. The first kappa shape index (κ1) is 23.0. The van der Waals surface area contributed by atoms with E-state index in [4.69, 9.17) is 0 Å². The van der Waals surface area contributed by atoms with Crippen molar-refractivity contribution < 1.29 is 9.59 Å². The lowest BCUT2D eigenvalue weighted by Crippen LogP contribution is -2.41. The Morgan fingerprint density at radius 2 is 1.41 bits per heavy atom. The van der Waals surface area contributed by atoms with Crippen LogP contribution in [0.2, 0.25) is 0 Å². The molecule has 6 rings (SSSR count). The number of unbranched alkanes of at least 4 members (excludes halogenated alkanes) is 1. The summed E-state index contributed by atoms with van der Waals surface area (Å²) in [5.41, 5.74) is -0.699. The van der Waals surface area contributed by atoms with Crippen LogP contribution in [0.1, 0.15) is 42.0 Å². The smallest absolute Gasteiger partial charge is 0.242 e. The Labute approximate surface area is 216 Å². The van der Waals surface area contributed by atoms with Crippen molar-refractivity contribution in [2.75, 3.05) is 16.3 Å². The van der Waals surface area contributed by atoms with E-state index in [0.29, 0.717) is 29.0 Å². The van der Waals surface area contributed by atoms with Gasteiger partial charge in [0.1, 0.15) is 10.8 Å². The van der Waals surface area contributed by atoms with E-state index < -0.39 is 16.2 Å². The van der Waals surface area contributed by atoms with Crippen molar-refractivity contribution in [3.63, 3.8) is 0 Å². The molecular formula is C31H26N4O2. The lowest BCUT2D eigenvalue weighted by atomic mass is 9.82. The van der Waals surface area contributed by atoms with Crippen LogP contribution >= 0.6 is 0 Å². The van der Waals surface area contributed by atoms with Crippen molar-refractivity contribution in [3.8, 4) is 12.1 Å². The van der Waals surface area contributed by atoms with E-state index in [-0.39, 0.29) is 18.4 Å². The number of benzene rings is 3. The lowest BCUT2D eigenvalue weighted by Gasteiger charge is -2.20. The van der Waals surface area contributed by atoms with Gasteiger partial charge in [-0.05, 0) is 42.2 Å². The van der Waals surface area contributed by atoms with E-state index in [2.05, 4.69) is 19.1 Å². The Morgan fingerprint density at radius 3 is 2.11 bits per heavy atom. The van der Waals surface area contributed by atoms with Crippen molar-refractivity contribution >= 4 is 23.2 Å². The molecular weight excluding hydrogens is 460 g/mol. The molecule has 2 aliphatic heterocycles. The number of nitrogens with zero attached hydrogens (tertiary/aromatic N) is 4. The summed E-state index contributed by atoms with van der Waals surface area (Å²) < 4.78 is 0. The molecule has 2 amide bonds. The maximum absolute atomic E-state index is 14.7. The van der Waals surface area contributed by atoms with E-state index in [1.165, 1.54) is 0 Å². The van der Waals surface area contributed by atoms with E-state index in [9.17, 15) is 20.1 Å². The molecule has 2 heterocycles. The fourth-order valence-electron chi connectivity index (χ4n) is 6.90. The normalized spacial score (nSPS) is 24.2. The summed E-state index contributed by atoms with van der Waals surface area (Å²) in [6, 6.07) is 27.1. The second-order valence-electron chi connectivity index (χ2n) is 10.2. The van der Waals surface area contributed by atoms with Crippen molar-refractivity contribution in [2.24, 2.45) is 5.41 Å². The van der Waals surface area contributed by atoms with Crippen molar-refractivity contribution in [2.45, 2.75) is 44.1 Å². The number of nitriles is 2. The highest BCUT2D eigenvalue weighted by Gasteiger charge is 3.00. The summed E-state index contributed by atoms with van der Waals surface area (Å²) in [4.78, 5) is 32.5. The number of hydrogen-bond acceptors (Lipinski definition) is 4. The summed E-state index contributed by atoms with van der Waals surface area (Å²) >= 11 is 0. The molecule has 1 saturated carbocycles. The minimum atomic E-state index is -1.86. The zero-order chi connectivity index (χ0) is 26.0. The maximum atomic E-state index is 14.7. The predicted molar refractivity (Wildman–Crippen MR) is 140 cm³/mol. The monoisotopic (exact) mass is 486 g/mol. The number of amides is 2. The number of carbonyl (C=O) groups excluding carboxylic acids is 2. The summed E-state index contributed by atoms with van der Waals surface area (Å²) in [6.07, 6.45) is 1.66. The molecule has 2 spiro atoms. The first-order valence-electron chi connectivity index (χ1n) is 12.7. The van der Waals surface area contributed by atoms with Gasteiger partial charge in [-0.2, -0.15) is 10.5 Å². The van der Waals surface area contributed by atoms with E-state index >= 15 is 0 Å². The van der Waals surface area contributed by atoms with E-state index in [0.717, 1.165) is 24.0 Å². The van der Waals surface area contributed by atoms with Crippen LogP contribution in [0.25, 0.3) is 0 Å². The number of rotatable bonds is 5. The zero-order valence-corrected chi connectivity index (χ0v) is 20.9. The molecule has 0 radical (unpaired) electrons. The highest BCUT2D eigenvalue weighted by atomic mass is 16.2. The average Bonchev–Trinajstić information content (AvgIpc) is 3.30. The number of aryl methyl sites for hydroxylation is 1. The SMILES string of the molecule is CCCCN1C(=O)[C@]2(c3cc(C)ccc31)C(C#N)(C#N)[C@@]21C(=O)N(Cc2ccccc2)c2ccccc21. The van der Waals surface area contributed by atoms with Gasteiger partial charge < -0.3 is 9.80 Å². The molecule has 0 unspecified atom stereocenters. The zero-order valence-electron chi connectivity index (χ0n) is 20.9. The van der Waals surface area contributed by atoms with Crippen LogP contribution < -0.4 is 9.80 Å². The largest absolute Gasteiger partial charge is 0.311 e. The molecule has 3 aromatic carbocycles. The predicted octanol–water partition coefficient (Wildman–Crippen LogP) is 4.91. The quantitative estimate of drug-likeness (QED) is 0.513. The molecule has 3 aliphatic rings. The van der Waals surface area contributed by atoms with Crippen LogP contribution in [0.5, 0.6) is 0 Å². The molecule has 0 N–H and O–H groups in total. The van der Waals surface area contributed by atoms with Gasteiger partial charge in [0.2, 0.25) is 11.8 Å². The van der Waals surface area contributed by atoms with Crippen molar-refractivity contribution in [1.82, 2.24) is 0 Å². The number of para-hydroxylation sites is 1. The molecule has 0 aromatic heterocycles. The average molecular weight is 487 g/mol. The van der Waals surface area contributed by atoms with Gasteiger partial charge in [-0.3, -0.25) is 9.59 Å². The molecule has 1 fully saturated rings. The molecule has 6 heteroatoms. The van der Waals surface area contributed by atoms with Gasteiger partial charge in [0.15, 0.2) is 5.41 Å². The first-order chi connectivity index (χ1) is 18.0. The second kappa shape index (κ2) is 7.79. The van der Waals surface area contributed by atoms with Crippen LogP contribution in [-0.2, 0) is 27.0 Å². The summed E-state index contributed by atoms with van der Waals surface area (Å²) in [7, 11) is 0. The minimum absolute atomic E-state index is 0.288. The van der Waals surface area contributed by atoms with E-state index in [1.807, 2.05) is 79.7 Å². The third-order valence-corrected chi connectivity index (χ3v) is 8.46. The molecule has 6 nitrogen and oxygen atoms in total. The Balaban J connectivity index is 1.64. The third-order valence-electron chi connectivity index (χ3n) is 8.46. The number of carbonyl (C=O) groups is 2. The number of hydrogen-bond donors (Lipinski definition) is 0. The Hall–Kier alpha value is -4.42. The van der Waals surface area contributed by atoms with Gasteiger partial charge in [-0.25, -0.2) is 0 Å². The van der Waals surface area contributed by atoms with Crippen molar-refractivity contribution in [3.05, 3.63) is 95.1 Å². The summed E-state index contributed by atoms with van der Waals surface area (Å²) in [5, 5.41) is 21.4. The minimum Gasteiger partial charge on any atom is -0.311 e. The van der Waals surface area contributed by atoms with Gasteiger partial charge in [0.05, 0.1) is 18.7 Å². The molecule has 37 heavy (non-hydrogen) atoms. The maximum Gasteiger partial charge on any atom is 0.242 e. The van der Waals surface area contributed by atoms with Crippen LogP contribution in [-0.4, -0.2) is 18.4 Å². The molecule has 2 atom stereocenters. The molecule has 3 aromatic rings. The molecule has 0 bridgehead atoms. The molecule has 182 valence electrons. The van der Waals surface area contributed by atoms with Crippen LogP contribution in [0.15, 0.2) is 72.8 Å². The standard InChI is InChI=1S/C31H26N4O2/c1-3-4-16-34-26-15-14-21(2)17-24(26)31(27(34)36)29(19-32,20-33)30(31)23-12-8-9-13-25(23)35(28(30)37)18-22-10-6-5-7-11-22/h5-15,17H,3-4,16,18H2,1-2H3/t30-,31-/m1/s1. The second-order valence-corrected chi connectivity index (χ2v) is 10.2. The van der Waals surface area contributed by atoms with Crippen molar-refractivity contribution in [1.29, 1.82) is 10.5 Å². The number of anilines is 2. The van der Waals surface area contributed by atoms with Crippen LogP contribution in [0, 0.1) is 35.0 Å². The molecule has 0 saturated heterocycles. The fraction of sp³-hybridized carbons (Fsp3) is 0.290. The van der Waals surface area contributed by atoms with Gasteiger partial charge in [-0.1, -0.05) is 79.6 Å².